The highest BCUT2D eigenvalue weighted by Crippen LogP contribution is 2.23. The molecule has 5 heteroatoms. The molecule has 0 radical (unpaired) electrons. The summed E-state index contributed by atoms with van der Waals surface area (Å²) in [5.74, 6) is 0.788. The summed E-state index contributed by atoms with van der Waals surface area (Å²) in [4.78, 5) is 0.326. The molecule has 0 bridgehead atoms. The molecule has 118 valence electrons. The van der Waals surface area contributed by atoms with Crippen LogP contribution in [0.4, 0.5) is 0 Å². The molecule has 0 heterocycles. The first-order valence-corrected chi connectivity index (χ1v) is 9.01. The van der Waals surface area contributed by atoms with Crippen LogP contribution in [0.2, 0.25) is 0 Å². The molecule has 4 nitrogen and oxygen atoms in total. The predicted molar refractivity (Wildman–Crippen MR) is 87.0 cm³/mol. The van der Waals surface area contributed by atoms with Crippen molar-refractivity contribution in [1.82, 2.24) is 0 Å². The monoisotopic (exact) mass is 320 g/mol. The van der Waals surface area contributed by atoms with Crippen molar-refractivity contribution in [3.05, 3.63) is 48.5 Å². The van der Waals surface area contributed by atoms with Crippen LogP contribution >= 0.6 is 0 Å². The maximum atomic E-state index is 11.4. The highest BCUT2D eigenvalue weighted by molar-refractivity contribution is 7.90. The molecule has 0 aromatic heterocycles. The van der Waals surface area contributed by atoms with Crippen LogP contribution in [0.15, 0.2) is 53.4 Å². The Bertz CT molecular complexity index is 688. The molecular weight excluding hydrogens is 300 g/mol. The first-order valence-electron chi connectivity index (χ1n) is 7.12. The topological polar surface area (TPSA) is 52.6 Å². The van der Waals surface area contributed by atoms with Crippen LogP contribution in [0.3, 0.4) is 0 Å². The summed E-state index contributed by atoms with van der Waals surface area (Å²) in [5.41, 5.74) is 1.98. The van der Waals surface area contributed by atoms with Crippen LogP contribution in [0.1, 0.15) is 6.92 Å². The lowest BCUT2D eigenvalue weighted by molar-refractivity contribution is 0.110. The summed E-state index contributed by atoms with van der Waals surface area (Å²) < 4.78 is 33.7. The summed E-state index contributed by atoms with van der Waals surface area (Å²) in [6.07, 6.45) is 1.20. The van der Waals surface area contributed by atoms with Crippen molar-refractivity contribution in [3.8, 4) is 16.9 Å². The van der Waals surface area contributed by atoms with E-state index in [4.69, 9.17) is 9.47 Å². The molecule has 0 aliphatic heterocycles. The van der Waals surface area contributed by atoms with Gasteiger partial charge in [0.1, 0.15) is 12.4 Å². The molecule has 0 N–H and O–H groups in total. The Labute approximate surface area is 131 Å². The zero-order chi connectivity index (χ0) is 16.0. The smallest absolute Gasteiger partial charge is 0.175 e. The van der Waals surface area contributed by atoms with Gasteiger partial charge in [0.05, 0.1) is 11.5 Å². The Morgan fingerprint density at radius 3 is 1.91 bits per heavy atom. The fourth-order valence-electron chi connectivity index (χ4n) is 2.00. The van der Waals surface area contributed by atoms with Gasteiger partial charge in [0.15, 0.2) is 9.84 Å². The average Bonchev–Trinajstić information content (AvgIpc) is 2.51. The van der Waals surface area contributed by atoms with Crippen LogP contribution in [0.25, 0.3) is 11.1 Å². The van der Waals surface area contributed by atoms with Gasteiger partial charge in [-0.1, -0.05) is 24.3 Å². The second-order valence-corrected chi connectivity index (χ2v) is 6.88. The Balaban J connectivity index is 2.04. The first-order chi connectivity index (χ1) is 10.5. The SMILES string of the molecule is CCOCCOc1ccc(-c2ccc(S(C)(=O)=O)cc2)cc1. The van der Waals surface area contributed by atoms with Crippen LogP contribution in [0, 0.1) is 0 Å². The molecule has 0 aliphatic rings. The number of ether oxygens (including phenoxy) is 2. The summed E-state index contributed by atoms with van der Waals surface area (Å²) in [6.45, 7) is 3.73. The Morgan fingerprint density at radius 1 is 0.864 bits per heavy atom. The third-order valence-corrected chi connectivity index (χ3v) is 4.30. The summed E-state index contributed by atoms with van der Waals surface area (Å²) in [6, 6.07) is 14.5. The van der Waals surface area contributed by atoms with Gasteiger partial charge in [0, 0.05) is 12.9 Å². The summed E-state index contributed by atoms with van der Waals surface area (Å²) in [7, 11) is -3.16. The lowest BCUT2D eigenvalue weighted by Crippen LogP contribution is -2.06. The van der Waals surface area contributed by atoms with E-state index in [0.29, 0.717) is 24.7 Å². The molecular formula is C17H20O4S. The summed E-state index contributed by atoms with van der Waals surface area (Å²) in [5, 5.41) is 0. The quantitative estimate of drug-likeness (QED) is 0.735. The van der Waals surface area contributed by atoms with Crippen molar-refractivity contribution >= 4 is 9.84 Å². The number of rotatable bonds is 7. The lowest BCUT2D eigenvalue weighted by atomic mass is 10.1. The molecule has 22 heavy (non-hydrogen) atoms. The average molecular weight is 320 g/mol. The van der Waals surface area contributed by atoms with Crippen LogP contribution in [0.5, 0.6) is 5.75 Å². The predicted octanol–water partition coefficient (Wildman–Crippen LogP) is 3.17. The first kappa shape index (κ1) is 16.5. The van der Waals surface area contributed by atoms with Crippen molar-refractivity contribution in [2.75, 3.05) is 26.1 Å². The molecule has 2 aromatic rings. The Kier molecular flexibility index (Phi) is 5.57. The number of benzene rings is 2. The van der Waals surface area contributed by atoms with Crippen molar-refractivity contribution in [2.24, 2.45) is 0 Å². The minimum atomic E-state index is -3.16. The second kappa shape index (κ2) is 7.42. The van der Waals surface area contributed by atoms with E-state index in [9.17, 15) is 8.42 Å². The Hall–Kier alpha value is -1.85. The van der Waals surface area contributed by atoms with Gasteiger partial charge >= 0.3 is 0 Å². The van der Waals surface area contributed by atoms with Gasteiger partial charge in [-0.05, 0) is 42.3 Å². The minimum absolute atomic E-state index is 0.326. The molecule has 2 aromatic carbocycles. The Morgan fingerprint density at radius 2 is 1.41 bits per heavy atom. The van der Waals surface area contributed by atoms with Gasteiger partial charge in [0.2, 0.25) is 0 Å². The van der Waals surface area contributed by atoms with Gasteiger partial charge in [0.25, 0.3) is 0 Å². The lowest BCUT2D eigenvalue weighted by Gasteiger charge is -2.08. The molecule has 0 aliphatic carbocycles. The van der Waals surface area contributed by atoms with Crippen molar-refractivity contribution < 1.29 is 17.9 Å². The zero-order valence-electron chi connectivity index (χ0n) is 12.8. The molecule has 0 atom stereocenters. The number of hydrogen-bond acceptors (Lipinski definition) is 4. The normalized spacial score (nSPS) is 11.4. The third-order valence-electron chi connectivity index (χ3n) is 3.17. The standard InChI is InChI=1S/C17H20O4S/c1-3-20-12-13-21-16-8-4-14(5-9-16)15-6-10-17(11-7-15)22(2,18)19/h4-11H,3,12-13H2,1-2H3. The maximum absolute atomic E-state index is 11.4. The number of hydrogen-bond donors (Lipinski definition) is 0. The van der Waals surface area contributed by atoms with Crippen LogP contribution < -0.4 is 4.74 Å². The molecule has 0 saturated heterocycles. The highest BCUT2D eigenvalue weighted by Gasteiger charge is 2.06. The largest absolute Gasteiger partial charge is 0.491 e. The summed E-state index contributed by atoms with van der Waals surface area (Å²) >= 11 is 0. The maximum Gasteiger partial charge on any atom is 0.175 e. The molecule has 0 spiro atoms. The van der Waals surface area contributed by atoms with Gasteiger partial charge in [-0.3, -0.25) is 0 Å². The fourth-order valence-corrected chi connectivity index (χ4v) is 2.63. The van der Waals surface area contributed by atoms with E-state index in [0.717, 1.165) is 16.9 Å². The fraction of sp³-hybridized carbons (Fsp3) is 0.294. The van der Waals surface area contributed by atoms with E-state index in [1.54, 1.807) is 24.3 Å². The highest BCUT2D eigenvalue weighted by atomic mass is 32.2. The molecule has 0 fully saturated rings. The third kappa shape index (κ3) is 4.58. The van der Waals surface area contributed by atoms with E-state index in [-0.39, 0.29) is 0 Å². The van der Waals surface area contributed by atoms with Gasteiger partial charge in [-0.15, -0.1) is 0 Å². The van der Waals surface area contributed by atoms with E-state index < -0.39 is 9.84 Å². The van der Waals surface area contributed by atoms with Crippen LogP contribution in [-0.2, 0) is 14.6 Å². The van der Waals surface area contributed by atoms with Crippen molar-refractivity contribution in [1.29, 1.82) is 0 Å². The number of sulfone groups is 1. The van der Waals surface area contributed by atoms with Crippen molar-refractivity contribution in [3.63, 3.8) is 0 Å². The van der Waals surface area contributed by atoms with E-state index in [2.05, 4.69) is 0 Å². The zero-order valence-corrected chi connectivity index (χ0v) is 13.6. The van der Waals surface area contributed by atoms with E-state index in [1.165, 1.54) is 6.26 Å². The molecule has 2 rings (SSSR count). The minimum Gasteiger partial charge on any atom is -0.491 e. The van der Waals surface area contributed by atoms with Crippen molar-refractivity contribution in [2.45, 2.75) is 11.8 Å². The molecule has 0 saturated carbocycles. The molecule has 0 amide bonds. The second-order valence-electron chi connectivity index (χ2n) is 4.87. The van der Waals surface area contributed by atoms with Gasteiger partial charge in [-0.25, -0.2) is 8.42 Å². The van der Waals surface area contributed by atoms with Gasteiger partial charge in [-0.2, -0.15) is 0 Å². The van der Waals surface area contributed by atoms with Gasteiger partial charge < -0.3 is 9.47 Å². The van der Waals surface area contributed by atoms with E-state index >= 15 is 0 Å². The van der Waals surface area contributed by atoms with E-state index in [1.807, 2.05) is 31.2 Å². The molecule has 0 unspecified atom stereocenters. The van der Waals surface area contributed by atoms with Crippen LogP contribution in [-0.4, -0.2) is 34.5 Å².